The van der Waals surface area contributed by atoms with Gasteiger partial charge in [-0.05, 0) is 58.4 Å². The van der Waals surface area contributed by atoms with Crippen LogP contribution in [0.4, 0.5) is 5.69 Å². The zero-order valence-electron chi connectivity index (χ0n) is 11.3. The van der Waals surface area contributed by atoms with E-state index in [1.54, 1.807) is 11.8 Å². The third kappa shape index (κ3) is 5.85. The van der Waals surface area contributed by atoms with Crippen LogP contribution in [0.2, 0.25) is 0 Å². The minimum atomic E-state index is 0.0479. The molecule has 0 aliphatic heterocycles. The number of anilines is 1. The molecule has 0 unspecified atom stereocenters. The lowest BCUT2D eigenvalue weighted by molar-refractivity contribution is -0.116. The topological polar surface area (TPSA) is 29.1 Å². The van der Waals surface area contributed by atoms with E-state index in [1.165, 1.54) is 4.90 Å². The molecule has 0 radical (unpaired) electrons. The number of amides is 1. The van der Waals surface area contributed by atoms with Crippen molar-refractivity contribution in [1.82, 2.24) is 0 Å². The van der Waals surface area contributed by atoms with Gasteiger partial charge in [0.15, 0.2) is 0 Å². The fraction of sp³-hybridized carbons (Fsp3) is 0.188. The molecule has 2 aromatic rings. The lowest BCUT2D eigenvalue weighted by Crippen LogP contribution is -2.11. The van der Waals surface area contributed by atoms with E-state index >= 15 is 0 Å². The maximum Gasteiger partial charge on any atom is 0.224 e. The maximum atomic E-state index is 11.9. The highest BCUT2D eigenvalue weighted by Gasteiger charge is 2.06. The molecule has 2 nitrogen and oxygen atoms in total. The Morgan fingerprint density at radius 2 is 1.86 bits per heavy atom. The molecule has 0 aromatic heterocycles. The Kier molecular flexibility index (Phi) is 6.80. The molecule has 0 fully saturated rings. The molecule has 0 saturated heterocycles. The first-order chi connectivity index (χ1) is 10.1. The van der Waals surface area contributed by atoms with Crippen LogP contribution in [0, 0.1) is 0 Å². The summed E-state index contributed by atoms with van der Waals surface area (Å²) in [4.78, 5) is 13.2. The Morgan fingerprint density at radius 1 is 1.10 bits per heavy atom. The Hall–Kier alpha value is -0.780. The summed E-state index contributed by atoms with van der Waals surface area (Å²) in [6, 6.07) is 15.9. The average molecular weight is 429 g/mol. The van der Waals surface area contributed by atoms with Crippen LogP contribution in [-0.2, 0) is 4.79 Å². The smallest absolute Gasteiger partial charge is 0.224 e. The molecule has 0 aliphatic carbocycles. The molecule has 5 heteroatoms. The summed E-state index contributed by atoms with van der Waals surface area (Å²) in [5, 5.41) is 2.92. The molecule has 21 heavy (non-hydrogen) atoms. The third-order valence-corrected chi connectivity index (χ3v) is 5.01. The quantitative estimate of drug-likeness (QED) is 0.470. The van der Waals surface area contributed by atoms with Crippen LogP contribution < -0.4 is 5.32 Å². The molecular formula is C16H15Br2NOS. The molecule has 2 aromatic carbocycles. The summed E-state index contributed by atoms with van der Waals surface area (Å²) in [6.07, 6.45) is 1.39. The Balaban J connectivity index is 1.72. The predicted molar refractivity (Wildman–Crippen MR) is 96.9 cm³/mol. The van der Waals surface area contributed by atoms with E-state index in [0.717, 1.165) is 26.8 Å². The van der Waals surface area contributed by atoms with Gasteiger partial charge in [-0.25, -0.2) is 0 Å². The van der Waals surface area contributed by atoms with Gasteiger partial charge in [0, 0.05) is 20.3 Å². The van der Waals surface area contributed by atoms with Gasteiger partial charge in [-0.2, -0.15) is 0 Å². The van der Waals surface area contributed by atoms with Gasteiger partial charge >= 0.3 is 0 Å². The number of carbonyl (C=O) groups excluding carboxylic acids is 1. The van der Waals surface area contributed by atoms with Gasteiger partial charge in [0.05, 0.1) is 5.69 Å². The van der Waals surface area contributed by atoms with Gasteiger partial charge in [0.2, 0.25) is 5.91 Å². The minimum absolute atomic E-state index is 0.0479. The van der Waals surface area contributed by atoms with Crippen LogP contribution in [-0.4, -0.2) is 11.7 Å². The number of thioether (sulfide) groups is 1. The van der Waals surface area contributed by atoms with E-state index in [9.17, 15) is 4.79 Å². The molecule has 0 atom stereocenters. The van der Waals surface area contributed by atoms with Crippen LogP contribution in [0.25, 0.3) is 0 Å². The molecule has 0 heterocycles. The lowest BCUT2D eigenvalue weighted by Gasteiger charge is -2.07. The van der Waals surface area contributed by atoms with Gasteiger partial charge in [0.25, 0.3) is 0 Å². The van der Waals surface area contributed by atoms with Gasteiger partial charge < -0.3 is 5.32 Å². The number of halogens is 2. The number of benzene rings is 2. The summed E-state index contributed by atoms with van der Waals surface area (Å²) in [7, 11) is 0. The second kappa shape index (κ2) is 8.61. The normalized spacial score (nSPS) is 10.4. The number of hydrogen-bond acceptors (Lipinski definition) is 2. The highest BCUT2D eigenvalue weighted by Crippen LogP contribution is 2.26. The molecular weight excluding hydrogens is 414 g/mol. The van der Waals surface area contributed by atoms with Gasteiger partial charge in [-0.15, -0.1) is 11.8 Å². The van der Waals surface area contributed by atoms with E-state index in [-0.39, 0.29) is 5.91 Å². The van der Waals surface area contributed by atoms with Crippen molar-refractivity contribution in [3.05, 3.63) is 57.5 Å². The largest absolute Gasteiger partial charge is 0.325 e. The van der Waals surface area contributed by atoms with Crippen molar-refractivity contribution < 1.29 is 4.79 Å². The molecule has 2 rings (SSSR count). The summed E-state index contributed by atoms with van der Waals surface area (Å²) in [6.45, 7) is 0. The third-order valence-electron chi connectivity index (χ3n) is 2.77. The van der Waals surface area contributed by atoms with Crippen LogP contribution in [0.1, 0.15) is 12.8 Å². The van der Waals surface area contributed by atoms with Crippen molar-refractivity contribution in [2.75, 3.05) is 11.1 Å². The molecule has 1 N–H and O–H groups in total. The Labute approximate surface area is 146 Å². The Bertz CT molecular complexity index is 604. The second-order valence-corrected chi connectivity index (χ2v) is 7.38. The molecule has 0 saturated carbocycles. The minimum Gasteiger partial charge on any atom is -0.325 e. The van der Waals surface area contributed by atoms with Crippen molar-refractivity contribution in [3.63, 3.8) is 0 Å². The number of nitrogens with one attached hydrogen (secondary N) is 1. The Morgan fingerprint density at radius 3 is 2.57 bits per heavy atom. The van der Waals surface area contributed by atoms with E-state index in [4.69, 9.17) is 0 Å². The van der Waals surface area contributed by atoms with Gasteiger partial charge in [-0.1, -0.05) is 34.1 Å². The predicted octanol–water partition coefficient (Wildman–Crippen LogP) is 5.72. The number of carbonyl (C=O) groups is 1. The van der Waals surface area contributed by atoms with E-state index in [0.29, 0.717) is 6.42 Å². The van der Waals surface area contributed by atoms with Crippen molar-refractivity contribution in [3.8, 4) is 0 Å². The van der Waals surface area contributed by atoms with Crippen molar-refractivity contribution >= 4 is 55.2 Å². The van der Waals surface area contributed by atoms with Crippen LogP contribution >= 0.6 is 43.6 Å². The lowest BCUT2D eigenvalue weighted by atomic mass is 10.3. The van der Waals surface area contributed by atoms with Crippen LogP contribution in [0.3, 0.4) is 0 Å². The van der Waals surface area contributed by atoms with E-state index in [1.807, 2.05) is 36.4 Å². The SMILES string of the molecule is O=C(CCCSc1ccccc1)Nc1ccc(Br)cc1Br. The average Bonchev–Trinajstić information content (AvgIpc) is 2.48. The first-order valence-electron chi connectivity index (χ1n) is 6.58. The molecule has 0 bridgehead atoms. The molecule has 110 valence electrons. The molecule has 0 spiro atoms. The van der Waals surface area contributed by atoms with Crippen LogP contribution in [0.5, 0.6) is 0 Å². The van der Waals surface area contributed by atoms with Crippen LogP contribution in [0.15, 0.2) is 62.4 Å². The van der Waals surface area contributed by atoms with Crippen molar-refractivity contribution in [2.45, 2.75) is 17.7 Å². The van der Waals surface area contributed by atoms with Crippen molar-refractivity contribution in [1.29, 1.82) is 0 Å². The summed E-state index contributed by atoms with van der Waals surface area (Å²) >= 11 is 8.61. The zero-order chi connectivity index (χ0) is 15.1. The maximum absolute atomic E-state index is 11.9. The highest BCUT2D eigenvalue weighted by molar-refractivity contribution is 9.11. The summed E-state index contributed by atoms with van der Waals surface area (Å²) < 4.78 is 1.86. The first-order valence-corrected chi connectivity index (χ1v) is 9.15. The highest BCUT2D eigenvalue weighted by atomic mass is 79.9. The number of rotatable bonds is 6. The fourth-order valence-electron chi connectivity index (χ4n) is 1.74. The standard InChI is InChI=1S/C16H15Br2NOS/c17-12-8-9-15(14(18)11-12)19-16(20)7-4-10-21-13-5-2-1-3-6-13/h1-3,5-6,8-9,11H,4,7,10H2,(H,19,20). The van der Waals surface area contributed by atoms with Gasteiger partial charge in [0.1, 0.15) is 0 Å². The van der Waals surface area contributed by atoms with Gasteiger partial charge in [-0.3, -0.25) is 4.79 Å². The first kappa shape index (κ1) is 16.6. The fourth-order valence-corrected chi connectivity index (χ4v) is 3.76. The zero-order valence-corrected chi connectivity index (χ0v) is 15.3. The molecule has 1 amide bonds. The van der Waals surface area contributed by atoms with E-state index in [2.05, 4.69) is 49.3 Å². The monoisotopic (exact) mass is 427 g/mol. The van der Waals surface area contributed by atoms with Crippen molar-refractivity contribution in [2.24, 2.45) is 0 Å². The second-order valence-electron chi connectivity index (χ2n) is 4.44. The summed E-state index contributed by atoms with van der Waals surface area (Å²) in [5.74, 6) is 0.991. The van der Waals surface area contributed by atoms with E-state index < -0.39 is 0 Å². The summed E-state index contributed by atoms with van der Waals surface area (Å²) in [5.41, 5.74) is 0.805. The molecule has 0 aliphatic rings. The number of hydrogen-bond donors (Lipinski definition) is 1.